The molecule has 2 heterocycles. The fraction of sp³-hybridized carbons (Fsp3) is 0.273. The molecule has 1 aromatic carbocycles. The molecule has 1 amide bonds. The summed E-state index contributed by atoms with van der Waals surface area (Å²) in [7, 11) is 0. The molecular weight excluding hydrogens is 386 g/mol. The van der Waals surface area contributed by atoms with E-state index in [1.807, 2.05) is 11.4 Å². The molecule has 2 aromatic heterocycles. The van der Waals surface area contributed by atoms with Crippen LogP contribution >= 0.6 is 22.7 Å². The molecule has 0 saturated carbocycles. The van der Waals surface area contributed by atoms with E-state index in [1.165, 1.54) is 27.3 Å². The molecule has 0 unspecified atom stereocenters. The number of nitrogens with one attached hydrogen (secondary N) is 1. The summed E-state index contributed by atoms with van der Waals surface area (Å²) in [5, 5.41) is 18.5. The minimum Gasteiger partial charge on any atom is -0.328 e. The summed E-state index contributed by atoms with van der Waals surface area (Å²) in [5.74, 6) is 0.445. The Bertz CT molecular complexity index is 939. The second-order valence-electron chi connectivity index (χ2n) is 6.73. The third-order valence-electron chi connectivity index (χ3n) is 4.90. The summed E-state index contributed by atoms with van der Waals surface area (Å²) < 4.78 is 0. The lowest BCUT2D eigenvalue weighted by atomic mass is 9.95. The largest absolute Gasteiger partial charge is 0.328 e. The number of amides is 1. The van der Waals surface area contributed by atoms with Crippen molar-refractivity contribution in [1.29, 1.82) is 5.26 Å². The summed E-state index contributed by atoms with van der Waals surface area (Å²) in [6.45, 7) is 4.73. The maximum atomic E-state index is 12.4. The van der Waals surface area contributed by atoms with Crippen molar-refractivity contribution >= 4 is 33.6 Å². The number of hydrogen-bond donors (Lipinski definition) is 2. The molecule has 0 bridgehead atoms. The van der Waals surface area contributed by atoms with Crippen molar-refractivity contribution in [2.24, 2.45) is 0 Å². The first-order valence-corrected chi connectivity index (χ1v) is 11.1. The van der Waals surface area contributed by atoms with Gasteiger partial charge in [0.05, 0.1) is 10.4 Å². The van der Waals surface area contributed by atoms with Gasteiger partial charge in [-0.25, -0.2) is 0 Å². The zero-order valence-electron chi connectivity index (χ0n) is 16.0. The standard InChI is InChI=1S/C22H23N3OS2/c1-3-15(2)16-6-8-17(9-7-16)21(19-5-4-11-27-19)24-14-20(26)25-22-18(13-23)10-12-28-22/h4-12,15,21,24H,3,14H2,1-2H3,(H,25,26)/p+1/t15-,21+/m0/s1. The number of carbonyl (C=O) groups is 1. The van der Waals surface area contributed by atoms with Crippen LogP contribution in [0.25, 0.3) is 0 Å². The van der Waals surface area contributed by atoms with E-state index in [4.69, 9.17) is 5.26 Å². The predicted molar refractivity (Wildman–Crippen MR) is 116 cm³/mol. The number of carbonyl (C=O) groups excluding carboxylic acids is 1. The van der Waals surface area contributed by atoms with Gasteiger partial charge in [0.2, 0.25) is 0 Å². The quantitative estimate of drug-likeness (QED) is 0.575. The van der Waals surface area contributed by atoms with Gasteiger partial charge >= 0.3 is 0 Å². The van der Waals surface area contributed by atoms with Gasteiger partial charge < -0.3 is 10.6 Å². The highest BCUT2D eigenvalue weighted by Gasteiger charge is 2.21. The van der Waals surface area contributed by atoms with Crippen molar-refractivity contribution in [3.05, 3.63) is 74.8 Å². The molecule has 3 rings (SSSR count). The average Bonchev–Trinajstić information content (AvgIpc) is 3.40. The Kier molecular flexibility index (Phi) is 6.99. The first-order chi connectivity index (χ1) is 13.6. The number of rotatable bonds is 8. The molecule has 0 aliphatic rings. The Morgan fingerprint density at radius 2 is 1.89 bits per heavy atom. The molecule has 144 valence electrons. The second-order valence-corrected chi connectivity index (χ2v) is 8.63. The zero-order chi connectivity index (χ0) is 19.9. The number of nitrogens with zero attached hydrogens (tertiary/aromatic N) is 1. The summed E-state index contributed by atoms with van der Waals surface area (Å²) in [5.41, 5.74) is 3.04. The van der Waals surface area contributed by atoms with Crippen LogP contribution in [-0.4, -0.2) is 12.5 Å². The van der Waals surface area contributed by atoms with Crippen molar-refractivity contribution in [3.8, 4) is 6.07 Å². The van der Waals surface area contributed by atoms with Crippen LogP contribution in [0, 0.1) is 11.3 Å². The molecular formula is C22H24N3OS2+. The summed E-state index contributed by atoms with van der Waals surface area (Å²) >= 11 is 3.07. The predicted octanol–water partition coefficient (Wildman–Crippen LogP) is 4.49. The van der Waals surface area contributed by atoms with E-state index in [-0.39, 0.29) is 11.9 Å². The van der Waals surface area contributed by atoms with Crippen LogP contribution in [0.1, 0.15) is 53.8 Å². The molecule has 3 aromatic rings. The van der Waals surface area contributed by atoms with Crippen molar-refractivity contribution in [2.45, 2.75) is 32.2 Å². The Labute approximate surface area is 173 Å². The Morgan fingerprint density at radius 3 is 2.54 bits per heavy atom. The number of hydrogen-bond acceptors (Lipinski definition) is 4. The Morgan fingerprint density at radius 1 is 1.14 bits per heavy atom. The number of thiophene rings is 2. The second kappa shape index (κ2) is 9.65. The smallest absolute Gasteiger partial charge is 0.280 e. The van der Waals surface area contributed by atoms with Crippen LogP contribution in [0.2, 0.25) is 0 Å². The molecule has 3 N–H and O–H groups in total. The van der Waals surface area contributed by atoms with Gasteiger partial charge in [0.1, 0.15) is 17.1 Å². The van der Waals surface area contributed by atoms with Gasteiger partial charge in [0.15, 0.2) is 6.54 Å². The van der Waals surface area contributed by atoms with Crippen molar-refractivity contribution in [2.75, 3.05) is 11.9 Å². The number of anilines is 1. The SMILES string of the molecule is CC[C@H](C)c1ccc([C@@H]([NH2+]CC(=O)Nc2sccc2C#N)c2cccs2)cc1. The van der Waals surface area contributed by atoms with Gasteiger partial charge in [-0.05, 0) is 40.8 Å². The van der Waals surface area contributed by atoms with Gasteiger partial charge in [0, 0.05) is 5.56 Å². The minimum atomic E-state index is -0.100. The Hall–Kier alpha value is -2.46. The molecule has 28 heavy (non-hydrogen) atoms. The molecule has 0 radical (unpaired) electrons. The molecule has 0 spiro atoms. The first kappa shape index (κ1) is 20.3. The lowest BCUT2D eigenvalue weighted by Crippen LogP contribution is -2.87. The lowest BCUT2D eigenvalue weighted by molar-refractivity contribution is -0.675. The van der Waals surface area contributed by atoms with E-state index in [9.17, 15) is 4.79 Å². The van der Waals surface area contributed by atoms with Crippen LogP contribution in [0.5, 0.6) is 0 Å². The summed E-state index contributed by atoms with van der Waals surface area (Å²) in [4.78, 5) is 13.6. The van der Waals surface area contributed by atoms with Gasteiger partial charge in [-0.15, -0.1) is 22.7 Å². The highest BCUT2D eigenvalue weighted by molar-refractivity contribution is 7.14. The molecule has 0 fully saturated rings. The number of quaternary nitrogens is 1. The molecule has 0 aliphatic heterocycles. The fourth-order valence-corrected chi connectivity index (χ4v) is 4.65. The highest BCUT2D eigenvalue weighted by Crippen LogP contribution is 2.26. The van der Waals surface area contributed by atoms with Crippen LogP contribution in [0.15, 0.2) is 53.2 Å². The van der Waals surface area contributed by atoms with E-state index in [0.29, 0.717) is 23.0 Å². The molecule has 6 heteroatoms. The van der Waals surface area contributed by atoms with Gasteiger partial charge in [-0.3, -0.25) is 4.79 Å². The minimum absolute atomic E-state index is 0.0792. The van der Waals surface area contributed by atoms with E-state index in [2.05, 4.69) is 66.3 Å². The van der Waals surface area contributed by atoms with E-state index in [0.717, 1.165) is 6.42 Å². The maximum absolute atomic E-state index is 12.4. The average molecular weight is 411 g/mol. The molecule has 0 aliphatic carbocycles. The summed E-state index contributed by atoms with van der Waals surface area (Å²) in [6.07, 6.45) is 1.12. The number of nitrogens with two attached hydrogens (primary N) is 1. The van der Waals surface area contributed by atoms with Gasteiger partial charge in [-0.2, -0.15) is 5.26 Å². The first-order valence-electron chi connectivity index (χ1n) is 9.36. The topological polar surface area (TPSA) is 69.5 Å². The van der Waals surface area contributed by atoms with Crippen LogP contribution in [-0.2, 0) is 4.79 Å². The molecule has 2 atom stereocenters. The zero-order valence-corrected chi connectivity index (χ0v) is 17.6. The molecule has 4 nitrogen and oxygen atoms in total. The number of nitriles is 1. The number of benzene rings is 1. The third kappa shape index (κ3) is 4.87. The third-order valence-corrected chi connectivity index (χ3v) is 6.69. The van der Waals surface area contributed by atoms with E-state index < -0.39 is 0 Å². The summed E-state index contributed by atoms with van der Waals surface area (Å²) in [6, 6.07) is 16.8. The maximum Gasteiger partial charge on any atom is 0.280 e. The van der Waals surface area contributed by atoms with E-state index in [1.54, 1.807) is 17.4 Å². The van der Waals surface area contributed by atoms with Crippen LogP contribution in [0.3, 0.4) is 0 Å². The van der Waals surface area contributed by atoms with Gasteiger partial charge in [-0.1, -0.05) is 44.2 Å². The normalized spacial score (nSPS) is 12.9. The lowest BCUT2D eigenvalue weighted by Gasteiger charge is -2.16. The highest BCUT2D eigenvalue weighted by atomic mass is 32.1. The fourth-order valence-electron chi connectivity index (χ4n) is 3.05. The molecule has 0 saturated heterocycles. The van der Waals surface area contributed by atoms with Crippen LogP contribution < -0.4 is 10.6 Å². The Balaban J connectivity index is 1.71. The van der Waals surface area contributed by atoms with Crippen LogP contribution in [0.4, 0.5) is 5.00 Å². The van der Waals surface area contributed by atoms with Crippen molar-refractivity contribution in [3.63, 3.8) is 0 Å². The van der Waals surface area contributed by atoms with Crippen molar-refractivity contribution < 1.29 is 10.1 Å². The van der Waals surface area contributed by atoms with E-state index >= 15 is 0 Å². The monoisotopic (exact) mass is 410 g/mol. The van der Waals surface area contributed by atoms with Gasteiger partial charge in [0.25, 0.3) is 5.91 Å². The van der Waals surface area contributed by atoms with Crippen molar-refractivity contribution in [1.82, 2.24) is 0 Å².